The van der Waals surface area contributed by atoms with E-state index in [0.29, 0.717) is 16.7 Å². The smallest absolute Gasteiger partial charge is 0.231 e. The minimum absolute atomic E-state index is 0.0296. The number of anilines is 1. The van der Waals surface area contributed by atoms with Crippen molar-refractivity contribution in [3.63, 3.8) is 0 Å². The first-order chi connectivity index (χ1) is 9.70. The van der Waals surface area contributed by atoms with Crippen molar-refractivity contribution in [2.45, 2.75) is 31.5 Å². The Balaban J connectivity index is 1.58. The maximum absolute atomic E-state index is 13.3. The molecule has 5 nitrogen and oxygen atoms in total. The van der Waals surface area contributed by atoms with Crippen molar-refractivity contribution in [3.05, 3.63) is 24.0 Å². The first-order valence-corrected chi connectivity index (χ1v) is 6.80. The first-order valence-electron chi connectivity index (χ1n) is 6.80. The number of nitrogens with zero attached hydrogens (tertiary/aromatic N) is 1. The van der Waals surface area contributed by atoms with E-state index in [1.807, 2.05) is 0 Å². The van der Waals surface area contributed by atoms with Crippen LogP contribution in [0.2, 0.25) is 0 Å². The lowest BCUT2D eigenvalue weighted by atomic mass is 9.88. The normalized spacial score (nSPS) is 28.1. The summed E-state index contributed by atoms with van der Waals surface area (Å²) in [6.45, 7) is 0. The molecule has 2 N–H and O–H groups in total. The van der Waals surface area contributed by atoms with Gasteiger partial charge >= 0.3 is 0 Å². The number of carbonyl (C=O) groups excluding carboxylic acids is 1. The van der Waals surface area contributed by atoms with Crippen LogP contribution < -0.4 is 5.32 Å². The number of aromatic amines is 1. The van der Waals surface area contributed by atoms with Gasteiger partial charge in [-0.2, -0.15) is 5.10 Å². The van der Waals surface area contributed by atoms with Gasteiger partial charge in [0.2, 0.25) is 5.91 Å². The maximum atomic E-state index is 13.3. The van der Waals surface area contributed by atoms with E-state index in [9.17, 15) is 9.18 Å². The Bertz CT molecular complexity index is 684. The van der Waals surface area contributed by atoms with Crippen molar-refractivity contribution in [3.8, 4) is 0 Å². The van der Waals surface area contributed by atoms with Crippen LogP contribution in [-0.2, 0) is 9.53 Å². The summed E-state index contributed by atoms with van der Waals surface area (Å²) in [4.78, 5) is 12.3. The lowest BCUT2D eigenvalue weighted by molar-refractivity contribution is -0.121. The zero-order chi connectivity index (χ0) is 13.7. The minimum Gasteiger partial charge on any atom is -0.374 e. The average Bonchev–Trinajstić information content (AvgIpc) is 3.14. The Morgan fingerprint density at radius 1 is 1.45 bits per heavy atom. The third-order valence-electron chi connectivity index (χ3n) is 4.21. The first kappa shape index (κ1) is 11.8. The number of rotatable bonds is 2. The lowest BCUT2D eigenvalue weighted by Gasteiger charge is -2.17. The molecule has 3 heterocycles. The van der Waals surface area contributed by atoms with Crippen LogP contribution in [-0.4, -0.2) is 28.3 Å². The Morgan fingerprint density at radius 2 is 2.35 bits per heavy atom. The number of hydrogen-bond acceptors (Lipinski definition) is 3. The summed E-state index contributed by atoms with van der Waals surface area (Å²) in [5.74, 6) is -0.172. The predicted octanol–water partition coefficient (Wildman–Crippen LogP) is 2.21. The highest BCUT2D eigenvalue weighted by atomic mass is 19.1. The molecule has 3 atom stereocenters. The Kier molecular flexibility index (Phi) is 2.53. The van der Waals surface area contributed by atoms with Crippen LogP contribution >= 0.6 is 0 Å². The molecular weight excluding hydrogens is 261 g/mol. The minimum atomic E-state index is -0.349. The van der Waals surface area contributed by atoms with E-state index in [4.69, 9.17) is 4.74 Å². The highest BCUT2D eigenvalue weighted by Crippen LogP contribution is 2.39. The highest BCUT2D eigenvalue weighted by Gasteiger charge is 2.44. The molecule has 2 aliphatic heterocycles. The van der Waals surface area contributed by atoms with E-state index >= 15 is 0 Å². The van der Waals surface area contributed by atoms with Crippen molar-refractivity contribution < 1.29 is 13.9 Å². The molecule has 0 unspecified atom stereocenters. The molecule has 6 heteroatoms. The molecule has 1 amide bonds. The summed E-state index contributed by atoms with van der Waals surface area (Å²) >= 11 is 0. The van der Waals surface area contributed by atoms with Crippen molar-refractivity contribution in [1.29, 1.82) is 0 Å². The van der Waals surface area contributed by atoms with Crippen molar-refractivity contribution in [1.82, 2.24) is 10.2 Å². The van der Waals surface area contributed by atoms with Gasteiger partial charge in [0.1, 0.15) is 5.82 Å². The van der Waals surface area contributed by atoms with E-state index in [1.54, 1.807) is 6.07 Å². The molecule has 104 valence electrons. The second-order valence-electron chi connectivity index (χ2n) is 5.47. The Labute approximate surface area is 114 Å². The summed E-state index contributed by atoms with van der Waals surface area (Å²) in [5, 5.41) is 10.2. The van der Waals surface area contributed by atoms with Crippen LogP contribution in [0.1, 0.15) is 19.3 Å². The standard InChI is InChI=1S/C14H14FN3O2/c15-7-1-3-11-9(5-7)13(18-17-11)16-14(19)10-6-8-2-4-12(10)20-8/h1,3,5,8,10,12H,2,4,6H2,(H2,16,17,18,19)/t8-,10-,12+/m1/s1. The largest absolute Gasteiger partial charge is 0.374 e. The van der Waals surface area contributed by atoms with Gasteiger partial charge in [-0.3, -0.25) is 9.89 Å². The number of ether oxygens (including phenoxy) is 1. The van der Waals surface area contributed by atoms with E-state index in [0.717, 1.165) is 19.3 Å². The fourth-order valence-corrected chi connectivity index (χ4v) is 3.20. The zero-order valence-electron chi connectivity index (χ0n) is 10.7. The second kappa shape index (κ2) is 4.28. The number of nitrogens with one attached hydrogen (secondary N) is 2. The molecule has 0 radical (unpaired) electrons. The predicted molar refractivity (Wildman–Crippen MR) is 70.7 cm³/mol. The molecule has 2 saturated heterocycles. The molecule has 2 bridgehead atoms. The topological polar surface area (TPSA) is 67.0 Å². The summed E-state index contributed by atoms with van der Waals surface area (Å²) in [6.07, 6.45) is 3.02. The van der Waals surface area contributed by atoms with Crippen LogP contribution in [0.4, 0.5) is 10.2 Å². The molecular formula is C14H14FN3O2. The maximum Gasteiger partial charge on any atom is 0.231 e. The molecule has 1 aromatic heterocycles. The summed E-state index contributed by atoms with van der Waals surface area (Å²) < 4.78 is 19.0. The van der Waals surface area contributed by atoms with Gasteiger partial charge < -0.3 is 10.1 Å². The van der Waals surface area contributed by atoms with Gasteiger partial charge in [-0.05, 0) is 37.5 Å². The number of amides is 1. The van der Waals surface area contributed by atoms with Gasteiger partial charge in [-0.1, -0.05) is 0 Å². The molecule has 2 aliphatic rings. The van der Waals surface area contributed by atoms with Crippen LogP contribution in [0.15, 0.2) is 18.2 Å². The second-order valence-corrected chi connectivity index (χ2v) is 5.47. The summed E-state index contributed by atoms with van der Waals surface area (Å²) in [5.41, 5.74) is 0.700. The molecule has 2 aromatic rings. The molecule has 0 spiro atoms. The van der Waals surface area contributed by atoms with E-state index in [2.05, 4.69) is 15.5 Å². The molecule has 0 aliphatic carbocycles. The van der Waals surface area contributed by atoms with E-state index < -0.39 is 0 Å². The monoisotopic (exact) mass is 275 g/mol. The van der Waals surface area contributed by atoms with Gasteiger partial charge in [-0.15, -0.1) is 0 Å². The number of benzene rings is 1. The Morgan fingerprint density at radius 3 is 3.10 bits per heavy atom. The number of carbonyl (C=O) groups is 1. The number of aromatic nitrogens is 2. The number of halogens is 1. The molecule has 1 aromatic carbocycles. The van der Waals surface area contributed by atoms with Crippen LogP contribution in [0.25, 0.3) is 10.9 Å². The van der Waals surface area contributed by atoms with Gasteiger partial charge in [0.05, 0.1) is 23.6 Å². The van der Waals surface area contributed by atoms with Gasteiger partial charge in [0.25, 0.3) is 0 Å². The van der Waals surface area contributed by atoms with Gasteiger partial charge in [-0.25, -0.2) is 4.39 Å². The van der Waals surface area contributed by atoms with Crippen molar-refractivity contribution in [2.75, 3.05) is 5.32 Å². The quantitative estimate of drug-likeness (QED) is 0.883. The number of fused-ring (bicyclic) bond motifs is 3. The molecule has 4 rings (SSSR count). The van der Waals surface area contributed by atoms with Crippen molar-refractivity contribution >= 4 is 22.6 Å². The number of hydrogen-bond donors (Lipinski definition) is 2. The zero-order valence-corrected chi connectivity index (χ0v) is 10.7. The third kappa shape index (κ3) is 1.79. The van der Waals surface area contributed by atoms with Gasteiger partial charge in [0, 0.05) is 5.39 Å². The SMILES string of the molecule is O=C(Nc1n[nH]c2ccc(F)cc12)[C@@H]1C[C@H]2CC[C@@H]1O2. The van der Waals surface area contributed by atoms with E-state index in [-0.39, 0.29) is 29.9 Å². The fourth-order valence-electron chi connectivity index (χ4n) is 3.20. The summed E-state index contributed by atoms with van der Waals surface area (Å²) in [7, 11) is 0. The fraction of sp³-hybridized carbons (Fsp3) is 0.429. The number of H-pyrrole nitrogens is 1. The molecule has 2 fully saturated rings. The van der Waals surface area contributed by atoms with E-state index in [1.165, 1.54) is 12.1 Å². The molecule has 0 saturated carbocycles. The Hall–Kier alpha value is -1.95. The van der Waals surface area contributed by atoms with Gasteiger partial charge in [0.15, 0.2) is 5.82 Å². The third-order valence-corrected chi connectivity index (χ3v) is 4.21. The highest BCUT2D eigenvalue weighted by molar-refractivity contribution is 6.00. The lowest BCUT2D eigenvalue weighted by Crippen LogP contribution is -2.30. The van der Waals surface area contributed by atoms with Crippen LogP contribution in [0, 0.1) is 11.7 Å². The van der Waals surface area contributed by atoms with Crippen LogP contribution in [0.3, 0.4) is 0 Å². The van der Waals surface area contributed by atoms with Crippen LogP contribution in [0.5, 0.6) is 0 Å². The van der Waals surface area contributed by atoms with Crippen molar-refractivity contribution in [2.24, 2.45) is 5.92 Å². The summed E-state index contributed by atoms with van der Waals surface area (Å²) in [6, 6.07) is 4.33. The molecule has 20 heavy (non-hydrogen) atoms. The average molecular weight is 275 g/mol.